The lowest BCUT2D eigenvalue weighted by atomic mass is 10.1. The van der Waals surface area contributed by atoms with Crippen molar-refractivity contribution in [3.63, 3.8) is 0 Å². The van der Waals surface area contributed by atoms with Crippen LogP contribution in [0.25, 0.3) is 5.52 Å². The van der Waals surface area contributed by atoms with Gasteiger partial charge in [0.2, 0.25) is 0 Å². The lowest BCUT2D eigenvalue weighted by molar-refractivity contribution is 0.0982. The molecule has 5 nitrogen and oxygen atoms in total. The fourth-order valence-corrected chi connectivity index (χ4v) is 2.15. The van der Waals surface area contributed by atoms with Crippen LogP contribution in [-0.2, 0) is 6.42 Å². The quantitative estimate of drug-likeness (QED) is 0.744. The van der Waals surface area contributed by atoms with Gasteiger partial charge in [0, 0.05) is 23.8 Å². The summed E-state index contributed by atoms with van der Waals surface area (Å²) in [6.07, 6.45) is 7.70. The van der Waals surface area contributed by atoms with E-state index in [9.17, 15) is 4.79 Å². The number of hydrogen-bond acceptors (Lipinski definition) is 3. The van der Waals surface area contributed by atoms with Crippen LogP contribution in [0.4, 0.5) is 0 Å². The summed E-state index contributed by atoms with van der Waals surface area (Å²) >= 11 is 5.97. The monoisotopic (exact) mass is 274 g/mol. The molecule has 3 rings (SSSR count). The molecule has 0 spiro atoms. The van der Waals surface area contributed by atoms with Crippen LogP contribution in [-0.4, -0.2) is 25.4 Å². The molecule has 0 amide bonds. The molecule has 0 aliphatic rings. The van der Waals surface area contributed by atoms with E-state index in [4.69, 9.17) is 11.6 Å². The van der Waals surface area contributed by atoms with Gasteiger partial charge >= 0.3 is 0 Å². The Morgan fingerprint density at radius 1 is 1.47 bits per heavy atom. The van der Waals surface area contributed by atoms with E-state index in [1.165, 1.54) is 6.20 Å². The highest BCUT2D eigenvalue weighted by molar-refractivity contribution is 6.30. The van der Waals surface area contributed by atoms with Crippen LogP contribution in [0, 0.1) is 0 Å². The minimum atomic E-state index is 0.0527. The second-order valence-electron chi connectivity index (χ2n) is 4.24. The molecule has 3 aromatic rings. The molecule has 19 heavy (non-hydrogen) atoms. The first-order chi connectivity index (χ1) is 9.24. The number of nitrogens with one attached hydrogen (secondary N) is 1. The number of aromatic nitrogens is 4. The number of hydrogen-bond donors (Lipinski definition) is 1. The first-order valence-electron chi connectivity index (χ1n) is 5.87. The second kappa shape index (κ2) is 4.85. The van der Waals surface area contributed by atoms with Crippen molar-refractivity contribution in [3.8, 4) is 0 Å². The summed E-state index contributed by atoms with van der Waals surface area (Å²) in [5.74, 6) is 0.0527. The van der Waals surface area contributed by atoms with Crippen LogP contribution in [0.3, 0.4) is 0 Å². The van der Waals surface area contributed by atoms with Gasteiger partial charge in [-0.3, -0.25) is 9.89 Å². The zero-order valence-corrected chi connectivity index (χ0v) is 10.8. The molecule has 0 radical (unpaired) electrons. The van der Waals surface area contributed by atoms with E-state index in [0.29, 0.717) is 23.4 Å². The maximum atomic E-state index is 11.9. The van der Waals surface area contributed by atoms with Gasteiger partial charge in [0.25, 0.3) is 0 Å². The fraction of sp³-hybridized carbons (Fsp3) is 0.154. The molecule has 0 saturated carbocycles. The van der Waals surface area contributed by atoms with Crippen molar-refractivity contribution >= 4 is 22.9 Å². The molecular formula is C13H11ClN4O. The summed E-state index contributed by atoms with van der Waals surface area (Å²) in [5.41, 5.74) is 2.41. The van der Waals surface area contributed by atoms with Gasteiger partial charge in [0.1, 0.15) is 0 Å². The van der Waals surface area contributed by atoms with E-state index in [0.717, 1.165) is 11.2 Å². The van der Waals surface area contributed by atoms with E-state index >= 15 is 0 Å². The Hall–Kier alpha value is -2.14. The van der Waals surface area contributed by atoms with Crippen LogP contribution in [0.15, 0.2) is 37.1 Å². The molecule has 0 unspecified atom stereocenters. The zero-order valence-electron chi connectivity index (χ0n) is 10.0. The van der Waals surface area contributed by atoms with Crippen molar-refractivity contribution in [3.05, 3.63) is 53.3 Å². The molecule has 0 aromatic carbocycles. The van der Waals surface area contributed by atoms with E-state index in [1.807, 2.05) is 16.7 Å². The van der Waals surface area contributed by atoms with Crippen molar-refractivity contribution in [2.75, 3.05) is 0 Å². The number of carbonyl (C=O) groups excluding carboxylic acids is 1. The number of aromatic amines is 1. The molecule has 3 aromatic heterocycles. The highest BCUT2D eigenvalue weighted by Gasteiger charge is 2.10. The number of halogens is 1. The van der Waals surface area contributed by atoms with Crippen molar-refractivity contribution in [2.24, 2.45) is 0 Å². The number of H-pyrrole nitrogens is 1. The molecule has 96 valence electrons. The van der Waals surface area contributed by atoms with Gasteiger partial charge in [-0.15, -0.1) is 0 Å². The second-order valence-corrected chi connectivity index (χ2v) is 4.68. The first kappa shape index (κ1) is 11.9. The minimum Gasteiger partial charge on any atom is -0.306 e. The van der Waals surface area contributed by atoms with Crippen LogP contribution >= 0.6 is 11.6 Å². The minimum absolute atomic E-state index is 0.0527. The van der Waals surface area contributed by atoms with Gasteiger partial charge < -0.3 is 4.40 Å². The molecule has 0 saturated heterocycles. The number of pyridine rings is 1. The Morgan fingerprint density at radius 3 is 3.16 bits per heavy atom. The molecule has 1 N–H and O–H groups in total. The maximum absolute atomic E-state index is 11.9. The van der Waals surface area contributed by atoms with Gasteiger partial charge in [-0.25, -0.2) is 4.98 Å². The molecule has 0 aliphatic carbocycles. The Balaban J connectivity index is 1.79. The highest BCUT2D eigenvalue weighted by atomic mass is 35.5. The SMILES string of the molecule is O=C(CCc1ncn2ccc(Cl)cc12)c1cn[nH]c1. The molecule has 0 fully saturated rings. The normalized spacial score (nSPS) is 11.0. The van der Waals surface area contributed by atoms with Crippen molar-refractivity contribution in [1.29, 1.82) is 0 Å². The maximum Gasteiger partial charge on any atom is 0.166 e. The van der Waals surface area contributed by atoms with E-state index in [1.54, 1.807) is 18.6 Å². The van der Waals surface area contributed by atoms with Crippen LogP contribution < -0.4 is 0 Å². The van der Waals surface area contributed by atoms with E-state index in [-0.39, 0.29) is 5.78 Å². The molecule has 6 heteroatoms. The fourth-order valence-electron chi connectivity index (χ4n) is 1.99. The third-order valence-electron chi connectivity index (χ3n) is 2.99. The standard InChI is InChI=1S/C13H11ClN4O/c14-10-3-4-18-8-15-11(12(18)5-10)1-2-13(19)9-6-16-17-7-9/h3-8H,1-2H2,(H,16,17). The number of Topliss-reactive ketones (excluding diaryl/α,β-unsaturated/α-hetero) is 1. The van der Waals surface area contributed by atoms with E-state index < -0.39 is 0 Å². The summed E-state index contributed by atoms with van der Waals surface area (Å²) in [6, 6.07) is 3.66. The van der Waals surface area contributed by atoms with Crippen LogP contribution in [0.1, 0.15) is 22.5 Å². The molecule has 0 bridgehead atoms. The average Bonchev–Trinajstić information content (AvgIpc) is 3.05. The summed E-state index contributed by atoms with van der Waals surface area (Å²) in [4.78, 5) is 16.2. The molecular weight excluding hydrogens is 264 g/mol. The largest absolute Gasteiger partial charge is 0.306 e. The summed E-state index contributed by atoms with van der Waals surface area (Å²) in [6.45, 7) is 0. The lowest BCUT2D eigenvalue weighted by Gasteiger charge is -1.99. The molecule has 3 heterocycles. The Labute approximate surface area is 114 Å². The number of carbonyl (C=O) groups is 1. The molecule has 0 atom stereocenters. The number of nitrogens with zero attached hydrogens (tertiary/aromatic N) is 3. The van der Waals surface area contributed by atoms with Gasteiger partial charge in [-0.1, -0.05) is 11.6 Å². The average molecular weight is 275 g/mol. The van der Waals surface area contributed by atoms with Crippen molar-refractivity contribution in [1.82, 2.24) is 19.6 Å². The first-order valence-corrected chi connectivity index (χ1v) is 6.25. The predicted molar refractivity (Wildman–Crippen MR) is 71.4 cm³/mol. The van der Waals surface area contributed by atoms with Gasteiger partial charge in [-0.05, 0) is 18.6 Å². The molecule has 0 aliphatic heterocycles. The highest BCUT2D eigenvalue weighted by Crippen LogP contribution is 2.17. The Kier molecular flexibility index (Phi) is 3.05. The van der Waals surface area contributed by atoms with Gasteiger partial charge in [-0.2, -0.15) is 5.10 Å². The van der Waals surface area contributed by atoms with E-state index in [2.05, 4.69) is 15.2 Å². The predicted octanol–water partition coefficient (Wildman–Crippen LogP) is 2.53. The zero-order chi connectivity index (χ0) is 13.2. The van der Waals surface area contributed by atoms with Crippen molar-refractivity contribution in [2.45, 2.75) is 12.8 Å². The Morgan fingerprint density at radius 2 is 2.37 bits per heavy atom. The third-order valence-corrected chi connectivity index (χ3v) is 3.22. The number of fused-ring (bicyclic) bond motifs is 1. The lowest BCUT2D eigenvalue weighted by Crippen LogP contribution is -2.00. The smallest absolute Gasteiger partial charge is 0.166 e. The van der Waals surface area contributed by atoms with Crippen molar-refractivity contribution < 1.29 is 4.79 Å². The number of rotatable bonds is 4. The van der Waals surface area contributed by atoms with Gasteiger partial charge in [0.15, 0.2) is 5.78 Å². The summed E-state index contributed by atoms with van der Waals surface area (Å²) < 4.78 is 1.89. The number of ketones is 1. The Bertz CT molecular complexity index is 717. The van der Waals surface area contributed by atoms with Crippen LogP contribution in [0.5, 0.6) is 0 Å². The summed E-state index contributed by atoms with van der Waals surface area (Å²) in [7, 11) is 0. The number of imidazole rings is 1. The van der Waals surface area contributed by atoms with Crippen LogP contribution in [0.2, 0.25) is 5.02 Å². The summed E-state index contributed by atoms with van der Waals surface area (Å²) in [5, 5.41) is 7.06. The topological polar surface area (TPSA) is 63.1 Å². The number of aryl methyl sites for hydroxylation is 1. The van der Waals surface area contributed by atoms with Gasteiger partial charge in [0.05, 0.1) is 29.3 Å². The third kappa shape index (κ3) is 2.37.